The van der Waals surface area contributed by atoms with Gasteiger partial charge < -0.3 is 20.1 Å². The number of aliphatic hydroxyl groups is 1. The molecular weight excluding hydrogens is 440 g/mol. The molecule has 2 aromatic rings. The largest absolute Gasteiger partial charge is 0.507 e. The number of carbonyl (C=O) groups excluding carboxylic acids is 1. The quantitative estimate of drug-likeness (QED) is 0.457. The minimum atomic E-state index is -1.21. The fraction of sp³-hybridized carbons (Fsp3) is 0.367. The second kappa shape index (κ2) is 8.72. The van der Waals surface area contributed by atoms with Crippen LogP contribution in [-0.4, -0.2) is 26.7 Å². The summed E-state index contributed by atoms with van der Waals surface area (Å²) >= 11 is 0. The predicted octanol–water partition coefficient (Wildman–Crippen LogP) is 6.23. The number of phenols is 2. The lowest BCUT2D eigenvalue weighted by Crippen LogP contribution is -2.30. The number of hydrogen-bond donors (Lipinski definition) is 3. The van der Waals surface area contributed by atoms with Crippen molar-refractivity contribution >= 4 is 11.9 Å². The molecule has 0 amide bonds. The van der Waals surface area contributed by atoms with Gasteiger partial charge in [-0.2, -0.15) is 0 Å². The number of aliphatic hydroxyl groups excluding tert-OH is 1. The van der Waals surface area contributed by atoms with Crippen molar-refractivity contribution < 1.29 is 24.9 Å². The summed E-state index contributed by atoms with van der Waals surface area (Å²) in [7, 11) is 0. The minimum Gasteiger partial charge on any atom is -0.507 e. The van der Waals surface area contributed by atoms with E-state index in [4.69, 9.17) is 4.74 Å². The van der Waals surface area contributed by atoms with Gasteiger partial charge in [0.05, 0.1) is 16.7 Å². The first-order valence-corrected chi connectivity index (χ1v) is 12.0. The van der Waals surface area contributed by atoms with E-state index in [0.29, 0.717) is 40.8 Å². The van der Waals surface area contributed by atoms with Crippen molar-refractivity contribution in [2.75, 3.05) is 0 Å². The fourth-order valence-electron chi connectivity index (χ4n) is 4.95. The number of aryl methyl sites for hydroxylation is 1. The van der Waals surface area contributed by atoms with Crippen LogP contribution in [0, 0.1) is 6.92 Å². The molecule has 1 unspecified atom stereocenters. The zero-order chi connectivity index (χ0) is 25.8. The van der Waals surface area contributed by atoms with Gasteiger partial charge in [0.25, 0.3) is 0 Å². The SMILES string of the molecule is CC(C)=CCc1c(C)cc(O)c2c1C(O)c1c(CC=C(C)C)c3c(c(O)c1C2=O)C=CC(C)(C)O3. The summed E-state index contributed by atoms with van der Waals surface area (Å²) in [5.74, 6) is -0.440. The van der Waals surface area contributed by atoms with Gasteiger partial charge in [-0.05, 0) is 90.7 Å². The summed E-state index contributed by atoms with van der Waals surface area (Å²) in [6, 6.07) is 1.56. The van der Waals surface area contributed by atoms with E-state index in [2.05, 4.69) is 0 Å². The van der Waals surface area contributed by atoms with Gasteiger partial charge in [0.1, 0.15) is 29.0 Å². The van der Waals surface area contributed by atoms with Gasteiger partial charge >= 0.3 is 0 Å². The van der Waals surface area contributed by atoms with Gasteiger partial charge in [-0.3, -0.25) is 4.79 Å². The standard InChI is InChI=1S/C30H34O5/c1-15(2)8-10-18-17(5)14-21(31)24-22(18)27(33)23-19(11-9-16(3)4)29-20(12-13-30(6,7)35-29)26(32)25(23)28(24)34/h8-9,12-14,27,31-33H,10-11H2,1-7H3. The molecule has 1 atom stereocenters. The van der Waals surface area contributed by atoms with Gasteiger partial charge in [0, 0.05) is 16.7 Å². The molecule has 3 N–H and O–H groups in total. The molecule has 184 valence electrons. The highest BCUT2D eigenvalue weighted by molar-refractivity contribution is 6.17. The van der Waals surface area contributed by atoms with Crippen LogP contribution in [0.2, 0.25) is 0 Å². The summed E-state index contributed by atoms with van der Waals surface area (Å²) in [6.07, 6.45) is 7.40. The molecule has 4 rings (SSSR count). The van der Waals surface area contributed by atoms with Crippen molar-refractivity contribution in [2.24, 2.45) is 0 Å². The third kappa shape index (κ3) is 4.19. The first-order chi connectivity index (χ1) is 16.3. The van der Waals surface area contributed by atoms with Crippen LogP contribution in [0.5, 0.6) is 17.2 Å². The topological polar surface area (TPSA) is 87.0 Å². The van der Waals surface area contributed by atoms with E-state index in [1.54, 1.807) is 12.1 Å². The Bertz CT molecular complexity index is 1330. The van der Waals surface area contributed by atoms with Crippen molar-refractivity contribution in [3.8, 4) is 17.2 Å². The van der Waals surface area contributed by atoms with Crippen LogP contribution in [0.4, 0.5) is 0 Å². The molecule has 1 aliphatic heterocycles. The number of ketones is 1. The highest BCUT2D eigenvalue weighted by Crippen LogP contribution is 2.52. The number of aromatic hydroxyl groups is 2. The minimum absolute atomic E-state index is 0.0289. The van der Waals surface area contributed by atoms with E-state index in [1.807, 2.05) is 66.7 Å². The van der Waals surface area contributed by atoms with E-state index in [1.165, 1.54) is 0 Å². The third-order valence-corrected chi connectivity index (χ3v) is 6.73. The molecule has 1 heterocycles. The number of fused-ring (bicyclic) bond motifs is 3. The van der Waals surface area contributed by atoms with Crippen LogP contribution in [0.1, 0.15) is 96.9 Å². The molecular formula is C30H34O5. The lowest BCUT2D eigenvalue weighted by molar-refractivity contribution is 0.101. The van der Waals surface area contributed by atoms with Crippen LogP contribution >= 0.6 is 0 Å². The van der Waals surface area contributed by atoms with Gasteiger partial charge in [-0.15, -0.1) is 0 Å². The molecule has 0 aromatic heterocycles. The molecule has 35 heavy (non-hydrogen) atoms. The number of rotatable bonds is 4. The smallest absolute Gasteiger partial charge is 0.201 e. The molecule has 1 aliphatic carbocycles. The Morgan fingerprint density at radius 1 is 1.00 bits per heavy atom. The highest BCUT2D eigenvalue weighted by atomic mass is 16.5. The van der Waals surface area contributed by atoms with Crippen molar-refractivity contribution in [2.45, 2.75) is 73.0 Å². The second-order valence-electron chi connectivity index (χ2n) is 10.6. The molecule has 2 aliphatic rings. The van der Waals surface area contributed by atoms with Gasteiger partial charge in [0.15, 0.2) is 0 Å². The molecule has 0 saturated heterocycles. The average molecular weight is 475 g/mol. The third-order valence-electron chi connectivity index (χ3n) is 6.73. The van der Waals surface area contributed by atoms with E-state index in [9.17, 15) is 20.1 Å². The Kier molecular flexibility index (Phi) is 6.18. The lowest BCUT2D eigenvalue weighted by Gasteiger charge is -2.35. The normalized spacial score (nSPS) is 17.1. The number of benzene rings is 2. The van der Waals surface area contributed by atoms with E-state index >= 15 is 0 Å². The van der Waals surface area contributed by atoms with Gasteiger partial charge in [-0.25, -0.2) is 0 Å². The Morgan fingerprint density at radius 2 is 1.57 bits per heavy atom. The molecule has 0 bridgehead atoms. The summed E-state index contributed by atoms with van der Waals surface area (Å²) in [5.41, 5.74) is 5.11. The molecule has 0 saturated carbocycles. The van der Waals surface area contributed by atoms with Crippen LogP contribution < -0.4 is 4.74 Å². The predicted molar refractivity (Wildman–Crippen MR) is 138 cm³/mol. The van der Waals surface area contributed by atoms with Crippen LogP contribution in [0.3, 0.4) is 0 Å². The fourth-order valence-corrected chi connectivity index (χ4v) is 4.95. The molecule has 0 spiro atoms. The van der Waals surface area contributed by atoms with E-state index in [-0.39, 0.29) is 22.6 Å². The molecule has 0 fully saturated rings. The maximum atomic E-state index is 13.9. The molecule has 5 nitrogen and oxygen atoms in total. The van der Waals surface area contributed by atoms with Gasteiger partial charge in [0.2, 0.25) is 5.78 Å². The zero-order valence-corrected chi connectivity index (χ0v) is 21.5. The lowest BCUT2D eigenvalue weighted by atomic mass is 9.74. The highest BCUT2D eigenvalue weighted by Gasteiger charge is 2.41. The Balaban J connectivity index is 2.09. The molecule has 5 heteroatoms. The number of carbonyl (C=O) groups is 1. The summed E-state index contributed by atoms with van der Waals surface area (Å²) in [6.45, 7) is 13.7. The monoisotopic (exact) mass is 474 g/mol. The van der Waals surface area contributed by atoms with Crippen LogP contribution in [-0.2, 0) is 12.8 Å². The first kappa shape index (κ1) is 24.8. The number of ether oxygens (including phenoxy) is 1. The van der Waals surface area contributed by atoms with Crippen molar-refractivity contribution in [3.05, 3.63) is 79.9 Å². The summed E-state index contributed by atoms with van der Waals surface area (Å²) in [5, 5.41) is 33.9. The van der Waals surface area contributed by atoms with E-state index < -0.39 is 17.5 Å². The maximum absolute atomic E-state index is 13.9. The van der Waals surface area contributed by atoms with Crippen molar-refractivity contribution in [3.63, 3.8) is 0 Å². The summed E-state index contributed by atoms with van der Waals surface area (Å²) in [4.78, 5) is 13.9. The second-order valence-corrected chi connectivity index (χ2v) is 10.6. The van der Waals surface area contributed by atoms with Gasteiger partial charge in [-0.1, -0.05) is 23.3 Å². The number of hydrogen-bond acceptors (Lipinski definition) is 5. The van der Waals surface area contributed by atoms with Crippen molar-refractivity contribution in [1.82, 2.24) is 0 Å². The van der Waals surface area contributed by atoms with Crippen molar-refractivity contribution in [1.29, 1.82) is 0 Å². The number of allylic oxidation sites excluding steroid dienone is 4. The average Bonchev–Trinajstić information content (AvgIpc) is 2.74. The Morgan fingerprint density at radius 3 is 2.17 bits per heavy atom. The van der Waals surface area contributed by atoms with Crippen LogP contribution in [0.15, 0.2) is 35.4 Å². The maximum Gasteiger partial charge on any atom is 0.201 e. The summed E-state index contributed by atoms with van der Waals surface area (Å²) < 4.78 is 6.30. The number of phenolic OH excluding ortho intramolecular Hbond substituents is 2. The van der Waals surface area contributed by atoms with E-state index in [0.717, 1.165) is 22.3 Å². The molecule has 2 aromatic carbocycles. The zero-order valence-electron chi connectivity index (χ0n) is 21.5. The Labute approximate surface area is 207 Å². The first-order valence-electron chi connectivity index (χ1n) is 12.0. The Hall–Kier alpha value is -3.31. The molecule has 0 radical (unpaired) electrons. The van der Waals surface area contributed by atoms with Crippen LogP contribution in [0.25, 0.3) is 6.08 Å².